The van der Waals surface area contributed by atoms with Crippen molar-refractivity contribution < 1.29 is 9.84 Å². The number of aromatic nitrogens is 1. The lowest BCUT2D eigenvalue weighted by Gasteiger charge is -2.16. The molecule has 1 heterocycles. The number of hydrogen-bond acceptors (Lipinski definition) is 3. The average Bonchev–Trinajstić information content (AvgIpc) is 2.68. The van der Waals surface area contributed by atoms with E-state index < -0.39 is 6.10 Å². The third-order valence-corrected chi connectivity index (χ3v) is 4.57. The van der Waals surface area contributed by atoms with E-state index in [0.717, 1.165) is 32.9 Å². The van der Waals surface area contributed by atoms with Crippen LogP contribution in [0.15, 0.2) is 72.8 Å². The molecule has 25 heavy (non-hydrogen) atoms. The number of hydrogen-bond donors (Lipinski definition) is 1. The predicted octanol–water partition coefficient (Wildman–Crippen LogP) is 4.67. The van der Waals surface area contributed by atoms with E-state index in [1.807, 2.05) is 54.6 Å². The lowest BCUT2D eigenvalue weighted by Crippen LogP contribution is -2.06. The fourth-order valence-corrected chi connectivity index (χ4v) is 3.36. The van der Waals surface area contributed by atoms with E-state index in [1.54, 1.807) is 7.11 Å². The van der Waals surface area contributed by atoms with Crippen molar-refractivity contribution in [3.63, 3.8) is 0 Å². The van der Waals surface area contributed by atoms with Gasteiger partial charge in [-0.05, 0) is 17.5 Å². The molecule has 0 aliphatic rings. The summed E-state index contributed by atoms with van der Waals surface area (Å²) in [5.41, 5.74) is 2.63. The second kappa shape index (κ2) is 6.54. The van der Waals surface area contributed by atoms with Gasteiger partial charge >= 0.3 is 0 Å². The summed E-state index contributed by atoms with van der Waals surface area (Å²) in [6.07, 6.45) is -0.237. The van der Waals surface area contributed by atoms with Crippen LogP contribution in [-0.4, -0.2) is 17.2 Å². The molecule has 0 spiro atoms. The Morgan fingerprint density at radius 1 is 0.840 bits per heavy atom. The Hall–Kier alpha value is -2.91. The fourth-order valence-electron chi connectivity index (χ4n) is 3.36. The zero-order chi connectivity index (χ0) is 17.2. The van der Waals surface area contributed by atoms with Crippen molar-refractivity contribution in [1.29, 1.82) is 0 Å². The number of nitrogens with zero attached hydrogens (tertiary/aromatic N) is 1. The summed E-state index contributed by atoms with van der Waals surface area (Å²) in [5, 5.41) is 14.2. The van der Waals surface area contributed by atoms with Crippen molar-refractivity contribution in [2.75, 3.05) is 7.11 Å². The standard InChI is InChI=1S/C22H19NO2/c1-25-22-13-7-5-11-18(22)21(24)14-20-17-10-3-2-8-15(17)16-9-4-6-12-19(16)23-20/h2-13,21,24H,14H2,1H3. The van der Waals surface area contributed by atoms with Crippen LogP contribution in [0, 0.1) is 0 Å². The number of pyridine rings is 1. The quantitative estimate of drug-likeness (QED) is 0.553. The van der Waals surface area contributed by atoms with Gasteiger partial charge in [0, 0.05) is 22.8 Å². The van der Waals surface area contributed by atoms with E-state index in [9.17, 15) is 5.11 Å². The number of benzene rings is 3. The van der Waals surface area contributed by atoms with Gasteiger partial charge in [-0.3, -0.25) is 4.98 Å². The molecule has 4 aromatic rings. The van der Waals surface area contributed by atoms with Crippen LogP contribution >= 0.6 is 0 Å². The molecule has 3 heteroatoms. The van der Waals surface area contributed by atoms with Gasteiger partial charge in [0.15, 0.2) is 0 Å². The molecule has 124 valence electrons. The first kappa shape index (κ1) is 15.6. The molecular formula is C22H19NO2. The highest BCUT2D eigenvalue weighted by Crippen LogP contribution is 2.31. The molecule has 0 radical (unpaired) electrons. The summed E-state index contributed by atoms with van der Waals surface area (Å²) >= 11 is 0. The van der Waals surface area contributed by atoms with Crippen molar-refractivity contribution >= 4 is 21.7 Å². The van der Waals surface area contributed by atoms with Gasteiger partial charge < -0.3 is 9.84 Å². The van der Waals surface area contributed by atoms with E-state index in [4.69, 9.17) is 9.72 Å². The predicted molar refractivity (Wildman–Crippen MR) is 101 cm³/mol. The second-order valence-corrected chi connectivity index (χ2v) is 6.08. The first-order chi connectivity index (χ1) is 12.3. The Morgan fingerprint density at radius 2 is 1.48 bits per heavy atom. The Kier molecular flexibility index (Phi) is 4.08. The zero-order valence-corrected chi connectivity index (χ0v) is 14.0. The molecule has 0 amide bonds. The van der Waals surface area contributed by atoms with Crippen molar-refractivity contribution in [2.45, 2.75) is 12.5 Å². The average molecular weight is 329 g/mol. The van der Waals surface area contributed by atoms with Gasteiger partial charge in [-0.25, -0.2) is 0 Å². The maximum Gasteiger partial charge on any atom is 0.124 e. The molecule has 4 rings (SSSR count). The Labute approximate surface area is 146 Å². The summed E-state index contributed by atoms with van der Waals surface area (Å²) in [4.78, 5) is 4.82. The van der Waals surface area contributed by atoms with E-state index in [-0.39, 0.29) is 0 Å². The third kappa shape index (κ3) is 2.83. The highest BCUT2D eigenvalue weighted by Gasteiger charge is 2.16. The Bertz CT molecular complexity index is 1040. The summed E-state index contributed by atoms with van der Waals surface area (Å²) in [6, 6.07) is 23.9. The van der Waals surface area contributed by atoms with Gasteiger partial charge in [-0.2, -0.15) is 0 Å². The molecule has 0 aliphatic carbocycles. The molecule has 3 nitrogen and oxygen atoms in total. The third-order valence-electron chi connectivity index (χ3n) is 4.57. The maximum absolute atomic E-state index is 10.8. The van der Waals surface area contributed by atoms with Crippen LogP contribution in [0.4, 0.5) is 0 Å². The lowest BCUT2D eigenvalue weighted by atomic mass is 9.98. The summed E-state index contributed by atoms with van der Waals surface area (Å²) in [6.45, 7) is 0. The van der Waals surface area contributed by atoms with E-state index in [1.165, 1.54) is 0 Å². The minimum atomic E-state index is -0.673. The van der Waals surface area contributed by atoms with E-state index in [2.05, 4.69) is 18.2 Å². The zero-order valence-electron chi connectivity index (χ0n) is 14.0. The minimum Gasteiger partial charge on any atom is -0.496 e. The number of ether oxygens (including phenoxy) is 1. The lowest BCUT2D eigenvalue weighted by molar-refractivity contribution is 0.173. The van der Waals surface area contributed by atoms with E-state index in [0.29, 0.717) is 12.2 Å². The molecule has 0 saturated carbocycles. The number of rotatable bonds is 4. The smallest absolute Gasteiger partial charge is 0.124 e. The Morgan fingerprint density at radius 3 is 2.28 bits per heavy atom. The molecular weight excluding hydrogens is 310 g/mol. The number of aliphatic hydroxyl groups excluding tert-OH is 1. The summed E-state index contributed by atoms with van der Waals surface area (Å²) in [5.74, 6) is 0.695. The number of methoxy groups -OCH3 is 1. The SMILES string of the molecule is COc1ccccc1C(O)Cc1nc2ccccc2c2ccccc12. The summed E-state index contributed by atoms with van der Waals surface area (Å²) < 4.78 is 5.38. The van der Waals surface area contributed by atoms with Gasteiger partial charge in [-0.1, -0.05) is 60.7 Å². The maximum atomic E-state index is 10.8. The van der Waals surface area contributed by atoms with Crippen molar-refractivity contribution in [3.05, 3.63) is 84.1 Å². The van der Waals surface area contributed by atoms with Crippen LogP contribution in [0.1, 0.15) is 17.4 Å². The van der Waals surface area contributed by atoms with Crippen LogP contribution in [0.25, 0.3) is 21.7 Å². The molecule has 0 saturated heterocycles. The molecule has 1 unspecified atom stereocenters. The van der Waals surface area contributed by atoms with E-state index >= 15 is 0 Å². The fraction of sp³-hybridized carbons (Fsp3) is 0.136. The second-order valence-electron chi connectivity index (χ2n) is 6.08. The van der Waals surface area contributed by atoms with Crippen molar-refractivity contribution in [1.82, 2.24) is 4.98 Å². The largest absolute Gasteiger partial charge is 0.496 e. The van der Waals surface area contributed by atoms with Crippen molar-refractivity contribution in [3.8, 4) is 5.75 Å². The van der Waals surface area contributed by atoms with Gasteiger partial charge in [0.1, 0.15) is 5.75 Å². The van der Waals surface area contributed by atoms with Crippen LogP contribution in [0.2, 0.25) is 0 Å². The van der Waals surface area contributed by atoms with Crippen LogP contribution in [0.3, 0.4) is 0 Å². The topological polar surface area (TPSA) is 42.4 Å². The monoisotopic (exact) mass is 329 g/mol. The number of para-hydroxylation sites is 2. The van der Waals surface area contributed by atoms with Gasteiger partial charge in [0.25, 0.3) is 0 Å². The molecule has 1 N–H and O–H groups in total. The molecule has 1 atom stereocenters. The summed E-state index contributed by atoms with van der Waals surface area (Å²) in [7, 11) is 1.62. The van der Waals surface area contributed by atoms with Crippen LogP contribution in [0.5, 0.6) is 5.75 Å². The van der Waals surface area contributed by atoms with Crippen LogP contribution in [-0.2, 0) is 6.42 Å². The highest BCUT2D eigenvalue weighted by molar-refractivity contribution is 6.06. The number of aliphatic hydroxyl groups is 1. The van der Waals surface area contributed by atoms with Crippen LogP contribution < -0.4 is 4.74 Å². The molecule has 0 fully saturated rings. The first-order valence-electron chi connectivity index (χ1n) is 8.35. The number of fused-ring (bicyclic) bond motifs is 3. The normalized spacial score (nSPS) is 12.4. The molecule has 3 aromatic carbocycles. The minimum absolute atomic E-state index is 0.436. The van der Waals surface area contributed by atoms with Gasteiger partial charge in [0.2, 0.25) is 0 Å². The Balaban J connectivity index is 1.83. The molecule has 0 aliphatic heterocycles. The highest BCUT2D eigenvalue weighted by atomic mass is 16.5. The van der Waals surface area contributed by atoms with Gasteiger partial charge in [0.05, 0.1) is 24.4 Å². The van der Waals surface area contributed by atoms with Crippen molar-refractivity contribution in [2.24, 2.45) is 0 Å². The first-order valence-corrected chi connectivity index (χ1v) is 8.35. The molecule has 0 bridgehead atoms. The molecule has 1 aromatic heterocycles. The van der Waals surface area contributed by atoms with Gasteiger partial charge in [-0.15, -0.1) is 0 Å².